The number of halogens is 1. The van der Waals surface area contributed by atoms with Crippen molar-refractivity contribution < 1.29 is 9.59 Å². The number of unbranched alkanes of at least 4 members (excludes halogenated alkanes) is 1. The summed E-state index contributed by atoms with van der Waals surface area (Å²) in [6.07, 6.45) is 2.43. The van der Waals surface area contributed by atoms with Gasteiger partial charge in [-0.05, 0) is 12.8 Å². The summed E-state index contributed by atoms with van der Waals surface area (Å²) in [5, 5.41) is 9.11. The SMILES string of the molecule is CCCCN(F)CCCO. The molecule has 0 heterocycles. The third-order valence-electron chi connectivity index (χ3n) is 1.31. The number of hydrogen-bond acceptors (Lipinski definition) is 2. The van der Waals surface area contributed by atoms with Gasteiger partial charge in [0.25, 0.3) is 0 Å². The molecular weight excluding hydrogens is 133 g/mol. The molecule has 0 unspecified atom stereocenters. The molecule has 62 valence electrons. The molecule has 0 rings (SSSR count). The largest absolute Gasteiger partial charge is 0.396 e. The lowest BCUT2D eigenvalue weighted by atomic mass is 10.3. The van der Waals surface area contributed by atoms with Crippen LogP contribution in [0.5, 0.6) is 0 Å². The normalized spacial score (nSPS) is 10.8. The second-order valence-electron chi connectivity index (χ2n) is 2.34. The zero-order chi connectivity index (χ0) is 7.82. The summed E-state index contributed by atoms with van der Waals surface area (Å²) in [6.45, 7) is 2.96. The molecule has 3 heteroatoms. The highest BCUT2D eigenvalue weighted by molar-refractivity contribution is 4.44. The Morgan fingerprint density at radius 3 is 2.40 bits per heavy atom. The van der Waals surface area contributed by atoms with Crippen molar-refractivity contribution in [2.75, 3.05) is 19.7 Å². The Morgan fingerprint density at radius 2 is 1.90 bits per heavy atom. The van der Waals surface area contributed by atoms with Crippen LogP contribution in [0, 0.1) is 0 Å². The number of hydrogen-bond donors (Lipinski definition) is 1. The first-order valence-corrected chi connectivity index (χ1v) is 3.82. The maximum absolute atomic E-state index is 12.5. The second-order valence-corrected chi connectivity index (χ2v) is 2.34. The number of aliphatic hydroxyl groups is 1. The smallest absolute Gasteiger partial charge is 0.0444 e. The van der Waals surface area contributed by atoms with Crippen molar-refractivity contribution in [1.29, 1.82) is 0 Å². The predicted octanol–water partition coefficient (Wildman–Crippen LogP) is 1.36. The van der Waals surface area contributed by atoms with Crippen LogP contribution in [0.15, 0.2) is 0 Å². The van der Waals surface area contributed by atoms with Gasteiger partial charge in [0.2, 0.25) is 0 Å². The molecule has 0 radical (unpaired) electrons. The lowest BCUT2D eigenvalue weighted by Crippen LogP contribution is -2.16. The lowest BCUT2D eigenvalue weighted by Gasteiger charge is -2.08. The van der Waals surface area contributed by atoms with Crippen LogP contribution in [0.4, 0.5) is 4.48 Å². The topological polar surface area (TPSA) is 23.5 Å². The molecule has 0 aromatic carbocycles. The van der Waals surface area contributed by atoms with Gasteiger partial charge in [-0.15, -0.1) is 9.60 Å². The number of nitrogens with zero attached hydrogens (tertiary/aromatic N) is 1. The zero-order valence-corrected chi connectivity index (χ0v) is 6.52. The van der Waals surface area contributed by atoms with Crippen LogP contribution in [0.2, 0.25) is 0 Å². The quantitative estimate of drug-likeness (QED) is 0.576. The molecule has 2 nitrogen and oxygen atoms in total. The molecule has 0 spiro atoms. The fourth-order valence-corrected chi connectivity index (χ4v) is 0.684. The maximum atomic E-state index is 12.5. The molecule has 0 aliphatic carbocycles. The van der Waals surface area contributed by atoms with E-state index in [0.29, 0.717) is 19.5 Å². The fourth-order valence-electron chi connectivity index (χ4n) is 0.684. The van der Waals surface area contributed by atoms with Gasteiger partial charge in [0.1, 0.15) is 0 Å². The highest BCUT2D eigenvalue weighted by Crippen LogP contribution is 1.95. The van der Waals surface area contributed by atoms with Crippen LogP contribution in [0.3, 0.4) is 0 Å². The Labute approximate surface area is 61.6 Å². The van der Waals surface area contributed by atoms with Crippen LogP contribution in [0.1, 0.15) is 26.2 Å². The molecule has 0 aromatic heterocycles. The maximum Gasteiger partial charge on any atom is 0.0444 e. The van der Waals surface area contributed by atoms with E-state index in [2.05, 4.69) is 0 Å². The monoisotopic (exact) mass is 149 g/mol. The predicted molar refractivity (Wildman–Crippen MR) is 39.3 cm³/mol. The van der Waals surface area contributed by atoms with E-state index in [4.69, 9.17) is 5.11 Å². The summed E-state index contributed by atoms with van der Waals surface area (Å²) in [4.78, 5) is 0. The fraction of sp³-hybridized carbons (Fsp3) is 1.00. The first-order valence-electron chi connectivity index (χ1n) is 3.82. The number of rotatable bonds is 6. The van der Waals surface area contributed by atoms with Crippen LogP contribution >= 0.6 is 0 Å². The van der Waals surface area contributed by atoms with Gasteiger partial charge in [0.05, 0.1) is 0 Å². The average Bonchev–Trinajstić information content (AvgIpc) is 1.97. The van der Waals surface area contributed by atoms with Crippen molar-refractivity contribution in [2.24, 2.45) is 0 Å². The minimum Gasteiger partial charge on any atom is -0.396 e. The minimum absolute atomic E-state index is 0.0759. The summed E-state index contributed by atoms with van der Waals surface area (Å²) in [6, 6.07) is 0. The third kappa shape index (κ3) is 5.98. The Hall–Kier alpha value is -0.150. The van der Waals surface area contributed by atoms with Gasteiger partial charge in [-0.25, -0.2) is 0 Å². The minimum atomic E-state index is 0.0759. The van der Waals surface area contributed by atoms with Crippen molar-refractivity contribution in [1.82, 2.24) is 5.12 Å². The Kier molecular flexibility index (Phi) is 6.86. The van der Waals surface area contributed by atoms with E-state index >= 15 is 0 Å². The van der Waals surface area contributed by atoms with E-state index < -0.39 is 0 Å². The molecule has 0 amide bonds. The van der Waals surface area contributed by atoms with Gasteiger partial charge in [0, 0.05) is 19.7 Å². The van der Waals surface area contributed by atoms with Gasteiger partial charge in [0.15, 0.2) is 0 Å². The van der Waals surface area contributed by atoms with E-state index in [9.17, 15) is 4.48 Å². The third-order valence-corrected chi connectivity index (χ3v) is 1.31. The Bertz CT molecular complexity index is 62.6. The van der Waals surface area contributed by atoms with E-state index in [-0.39, 0.29) is 6.61 Å². The van der Waals surface area contributed by atoms with Crippen LogP contribution in [-0.2, 0) is 0 Å². The molecule has 0 atom stereocenters. The molecule has 10 heavy (non-hydrogen) atoms. The zero-order valence-electron chi connectivity index (χ0n) is 6.52. The summed E-state index contributed by atoms with van der Waals surface area (Å²) in [5.41, 5.74) is 0. The Balaban J connectivity index is 3.00. The Morgan fingerprint density at radius 1 is 1.30 bits per heavy atom. The molecule has 0 aromatic rings. The molecule has 1 N–H and O–H groups in total. The van der Waals surface area contributed by atoms with Crippen molar-refractivity contribution >= 4 is 0 Å². The highest BCUT2D eigenvalue weighted by atomic mass is 19.2. The van der Waals surface area contributed by atoms with Crippen molar-refractivity contribution in [3.05, 3.63) is 0 Å². The second kappa shape index (κ2) is 6.96. The van der Waals surface area contributed by atoms with E-state index in [1.54, 1.807) is 0 Å². The standard InChI is InChI=1S/C7H16FNO/c1-2-3-5-9(8)6-4-7-10/h10H,2-7H2,1H3. The van der Waals surface area contributed by atoms with Gasteiger partial charge in [-0.1, -0.05) is 13.3 Å². The van der Waals surface area contributed by atoms with Crippen molar-refractivity contribution in [2.45, 2.75) is 26.2 Å². The van der Waals surface area contributed by atoms with Crippen molar-refractivity contribution in [3.8, 4) is 0 Å². The van der Waals surface area contributed by atoms with Gasteiger partial charge in [-0.2, -0.15) is 0 Å². The number of aliphatic hydroxyl groups excluding tert-OH is 1. The molecule has 0 saturated carbocycles. The molecule has 0 aliphatic heterocycles. The van der Waals surface area contributed by atoms with Crippen LogP contribution < -0.4 is 0 Å². The molecule has 0 bridgehead atoms. The van der Waals surface area contributed by atoms with Crippen molar-refractivity contribution in [3.63, 3.8) is 0 Å². The first-order chi connectivity index (χ1) is 4.81. The van der Waals surface area contributed by atoms with Gasteiger partial charge >= 0.3 is 0 Å². The average molecular weight is 149 g/mol. The van der Waals surface area contributed by atoms with Gasteiger partial charge in [-0.3, -0.25) is 0 Å². The summed E-state index contributed by atoms with van der Waals surface area (Å²) >= 11 is 0. The molecule has 0 saturated heterocycles. The summed E-state index contributed by atoms with van der Waals surface area (Å²) < 4.78 is 12.5. The van der Waals surface area contributed by atoms with E-state index in [1.165, 1.54) is 0 Å². The van der Waals surface area contributed by atoms with Crippen LogP contribution in [0.25, 0.3) is 0 Å². The summed E-state index contributed by atoms with van der Waals surface area (Å²) in [5.74, 6) is 0. The highest BCUT2D eigenvalue weighted by Gasteiger charge is 1.98. The van der Waals surface area contributed by atoms with E-state index in [0.717, 1.165) is 18.0 Å². The van der Waals surface area contributed by atoms with E-state index in [1.807, 2.05) is 6.92 Å². The lowest BCUT2D eigenvalue weighted by molar-refractivity contribution is 0.0182. The molecule has 0 fully saturated rings. The molecule has 0 aliphatic rings. The first kappa shape index (κ1) is 9.85. The van der Waals surface area contributed by atoms with Gasteiger partial charge < -0.3 is 5.11 Å². The summed E-state index contributed by atoms with van der Waals surface area (Å²) in [7, 11) is 0. The molecular formula is C7H16FNO. The van der Waals surface area contributed by atoms with Crippen LogP contribution in [-0.4, -0.2) is 29.9 Å².